The summed E-state index contributed by atoms with van der Waals surface area (Å²) in [5.74, 6) is -0.144. The van der Waals surface area contributed by atoms with E-state index in [2.05, 4.69) is 17.0 Å². The summed E-state index contributed by atoms with van der Waals surface area (Å²) in [6.07, 6.45) is 5.36. The third-order valence-electron chi connectivity index (χ3n) is 5.35. The molecule has 4 unspecified atom stereocenters. The largest absolute Gasteiger partial charge is 0.451 e. The molecular formula is C21H32N2O5S2. The minimum Gasteiger partial charge on any atom is -0.451 e. The van der Waals surface area contributed by atoms with Gasteiger partial charge in [-0.2, -0.15) is 16.5 Å². The van der Waals surface area contributed by atoms with Gasteiger partial charge in [0.25, 0.3) is 5.91 Å². The smallest absolute Gasteiger partial charge is 0.324 e. The van der Waals surface area contributed by atoms with E-state index in [1.807, 2.05) is 6.26 Å². The first-order valence-electron chi connectivity index (χ1n) is 10.3. The molecule has 0 saturated heterocycles. The molecule has 168 valence electrons. The monoisotopic (exact) mass is 456 g/mol. The number of carbonyl (C=O) groups is 2. The van der Waals surface area contributed by atoms with Gasteiger partial charge in [0.2, 0.25) is 10.0 Å². The fraction of sp³-hybridized carbons (Fsp3) is 0.619. The lowest BCUT2D eigenvalue weighted by molar-refractivity contribution is -0.156. The van der Waals surface area contributed by atoms with E-state index in [4.69, 9.17) is 4.74 Å². The fourth-order valence-corrected chi connectivity index (χ4v) is 5.17. The zero-order valence-corrected chi connectivity index (χ0v) is 19.4. The van der Waals surface area contributed by atoms with Crippen LogP contribution in [0.2, 0.25) is 0 Å². The van der Waals surface area contributed by atoms with E-state index in [9.17, 15) is 18.0 Å². The van der Waals surface area contributed by atoms with Crippen molar-refractivity contribution in [3.63, 3.8) is 0 Å². The highest BCUT2D eigenvalue weighted by Crippen LogP contribution is 2.23. The summed E-state index contributed by atoms with van der Waals surface area (Å²) in [6.45, 7) is 3.62. The lowest BCUT2D eigenvalue weighted by atomic mass is 9.86. The lowest BCUT2D eigenvalue weighted by Crippen LogP contribution is -2.48. The second-order valence-corrected chi connectivity index (χ2v) is 10.4. The molecule has 7 nitrogen and oxygen atoms in total. The predicted octanol–water partition coefficient (Wildman–Crippen LogP) is 2.71. The quantitative estimate of drug-likeness (QED) is 0.525. The number of amides is 1. The topological polar surface area (TPSA) is 102 Å². The third-order valence-corrected chi connectivity index (χ3v) is 7.48. The van der Waals surface area contributed by atoms with E-state index in [1.54, 1.807) is 18.2 Å². The summed E-state index contributed by atoms with van der Waals surface area (Å²) in [4.78, 5) is 25.3. The first kappa shape index (κ1) is 24.7. The van der Waals surface area contributed by atoms with Gasteiger partial charge in [0.15, 0.2) is 6.10 Å². The summed E-state index contributed by atoms with van der Waals surface area (Å²) in [5, 5.41) is 2.97. The van der Waals surface area contributed by atoms with Crippen molar-refractivity contribution < 1.29 is 22.7 Å². The molecule has 0 spiro atoms. The van der Waals surface area contributed by atoms with Crippen molar-refractivity contribution in [2.45, 2.75) is 69.0 Å². The minimum atomic E-state index is -3.88. The van der Waals surface area contributed by atoms with Crippen molar-refractivity contribution in [2.24, 2.45) is 5.92 Å². The Kier molecular flexibility index (Phi) is 9.64. The average Bonchev–Trinajstić information content (AvgIpc) is 2.73. The zero-order chi connectivity index (χ0) is 22.1. The van der Waals surface area contributed by atoms with Gasteiger partial charge in [-0.3, -0.25) is 9.59 Å². The maximum atomic E-state index is 12.7. The Labute approximate surface area is 183 Å². The van der Waals surface area contributed by atoms with Crippen molar-refractivity contribution in [1.82, 2.24) is 10.0 Å². The van der Waals surface area contributed by atoms with Gasteiger partial charge in [0.1, 0.15) is 6.04 Å². The number of hydrogen-bond donors (Lipinski definition) is 2. The molecule has 0 heterocycles. The molecule has 1 aliphatic rings. The Morgan fingerprint density at radius 2 is 1.87 bits per heavy atom. The van der Waals surface area contributed by atoms with Crippen LogP contribution in [0.4, 0.5) is 0 Å². The number of hydrogen-bond acceptors (Lipinski definition) is 6. The summed E-state index contributed by atoms with van der Waals surface area (Å²) in [6, 6.07) is 6.88. The molecule has 9 heteroatoms. The molecule has 1 aromatic carbocycles. The highest BCUT2D eigenvalue weighted by molar-refractivity contribution is 7.98. The van der Waals surface area contributed by atoms with Gasteiger partial charge >= 0.3 is 5.97 Å². The molecule has 1 aromatic rings. The van der Waals surface area contributed by atoms with Crippen molar-refractivity contribution in [2.75, 3.05) is 12.0 Å². The maximum Gasteiger partial charge on any atom is 0.324 e. The van der Waals surface area contributed by atoms with Crippen molar-refractivity contribution in [3.8, 4) is 0 Å². The molecule has 1 aliphatic carbocycles. The van der Waals surface area contributed by atoms with E-state index in [0.29, 0.717) is 11.7 Å². The molecule has 0 aliphatic heterocycles. The summed E-state index contributed by atoms with van der Waals surface area (Å²) in [7, 11) is -3.88. The maximum absolute atomic E-state index is 12.7. The second kappa shape index (κ2) is 11.7. The molecule has 1 fully saturated rings. The van der Waals surface area contributed by atoms with Gasteiger partial charge < -0.3 is 10.1 Å². The Morgan fingerprint density at radius 3 is 2.50 bits per heavy atom. The Bertz CT molecular complexity index is 801. The zero-order valence-electron chi connectivity index (χ0n) is 17.8. The SMILES string of the molecule is CSCCC(NS(=O)(=O)c1ccccc1)C(=O)OC(C)C(=O)NC1CCCCC1C. The van der Waals surface area contributed by atoms with E-state index in [-0.39, 0.29) is 23.3 Å². The Balaban J connectivity index is 2.00. The van der Waals surface area contributed by atoms with Gasteiger partial charge in [-0.1, -0.05) is 38.0 Å². The van der Waals surface area contributed by atoms with Gasteiger partial charge in [-0.15, -0.1) is 0 Å². The van der Waals surface area contributed by atoms with Crippen molar-refractivity contribution >= 4 is 33.7 Å². The van der Waals surface area contributed by atoms with Crippen LogP contribution >= 0.6 is 11.8 Å². The fourth-order valence-electron chi connectivity index (χ4n) is 3.46. The molecule has 0 radical (unpaired) electrons. The van der Waals surface area contributed by atoms with Gasteiger partial charge in [0.05, 0.1) is 4.90 Å². The van der Waals surface area contributed by atoms with Crippen LogP contribution in [-0.2, 0) is 24.3 Å². The Hall–Kier alpha value is -1.58. The number of carbonyl (C=O) groups excluding carboxylic acids is 2. The first-order chi connectivity index (χ1) is 14.2. The van der Waals surface area contributed by atoms with Gasteiger partial charge in [0, 0.05) is 6.04 Å². The van der Waals surface area contributed by atoms with Crippen LogP contribution in [0, 0.1) is 5.92 Å². The van der Waals surface area contributed by atoms with Gasteiger partial charge in [-0.05, 0) is 56.2 Å². The normalized spacial score (nSPS) is 21.4. The molecule has 2 N–H and O–H groups in total. The van der Waals surface area contributed by atoms with Crippen LogP contribution in [-0.4, -0.2) is 50.5 Å². The number of benzene rings is 1. The van der Waals surface area contributed by atoms with Crippen molar-refractivity contribution in [3.05, 3.63) is 30.3 Å². The molecule has 1 saturated carbocycles. The van der Waals surface area contributed by atoms with E-state index in [0.717, 1.165) is 25.7 Å². The highest BCUT2D eigenvalue weighted by Gasteiger charge is 2.31. The van der Waals surface area contributed by atoms with E-state index < -0.39 is 28.1 Å². The number of ether oxygens (including phenoxy) is 1. The standard InChI is InChI=1S/C21H32N2O5S2/c1-15-9-7-8-12-18(15)22-20(24)16(2)28-21(25)19(13-14-29-3)23-30(26,27)17-10-5-4-6-11-17/h4-6,10-11,15-16,18-19,23H,7-9,12-14H2,1-3H3,(H,22,24). The highest BCUT2D eigenvalue weighted by atomic mass is 32.2. The number of nitrogens with one attached hydrogen (secondary N) is 2. The van der Waals surface area contributed by atoms with E-state index in [1.165, 1.54) is 30.8 Å². The van der Waals surface area contributed by atoms with Crippen LogP contribution in [0.1, 0.15) is 46.0 Å². The predicted molar refractivity (Wildman–Crippen MR) is 119 cm³/mol. The molecule has 0 bridgehead atoms. The number of thioether (sulfide) groups is 1. The molecule has 30 heavy (non-hydrogen) atoms. The third kappa shape index (κ3) is 7.28. The second-order valence-electron chi connectivity index (χ2n) is 7.72. The van der Waals surface area contributed by atoms with Crippen LogP contribution in [0.25, 0.3) is 0 Å². The van der Waals surface area contributed by atoms with Crippen molar-refractivity contribution in [1.29, 1.82) is 0 Å². The molecule has 4 atom stereocenters. The van der Waals surface area contributed by atoms with Crippen LogP contribution < -0.4 is 10.0 Å². The lowest BCUT2D eigenvalue weighted by Gasteiger charge is -2.30. The van der Waals surface area contributed by atoms with Crippen LogP contribution in [0.5, 0.6) is 0 Å². The van der Waals surface area contributed by atoms with E-state index >= 15 is 0 Å². The molecular weight excluding hydrogens is 424 g/mol. The molecule has 1 amide bonds. The van der Waals surface area contributed by atoms with Gasteiger partial charge in [-0.25, -0.2) is 8.42 Å². The van der Waals surface area contributed by atoms with Crippen LogP contribution in [0.3, 0.4) is 0 Å². The molecule has 2 rings (SSSR count). The minimum absolute atomic E-state index is 0.0732. The number of esters is 1. The summed E-state index contributed by atoms with van der Waals surface area (Å²) >= 11 is 1.50. The summed E-state index contributed by atoms with van der Waals surface area (Å²) < 4.78 is 33.0. The average molecular weight is 457 g/mol. The number of sulfonamides is 1. The Morgan fingerprint density at radius 1 is 1.20 bits per heavy atom. The van der Waals surface area contributed by atoms with Crippen LogP contribution in [0.15, 0.2) is 35.2 Å². The molecule has 0 aromatic heterocycles. The first-order valence-corrected chi connectivity index (χ1v) is 13.2. The summed E-state index contributed by atoms with van der Waals surface area (Å²) in [5.41, 5.74) is 0. The number of rotatable bonds is 10.